The van der Waals surface area contributed by atoms with Gasteiger partial charge < -0.3 is 21.4 Å². The minimum absolute atomic E-state index is 0.00610. The monoisotopic (exact) mass is 513 g/mol. The largest absolute Gasteiger partial charge is 0.366 e. The number of unbranched alkanes of at least 4 members (excludes halogenated alkanes) is 2. The van der Waals surface area contributed by atoms with Gasteiger partial charge in [-0.25, -0.2) is 0 Å². The van der Waals surface area contributed by atoms with E-state index in [1.807, 2.05) is 6.20 Å². The van der Waals surface area contributed by atoms with E-state index < -0.39 is 0 Å². The fourth-order valence-corrected chi connectivity index (χ4v) is 5.92. The van der Waals surface area contributed by atoms with Gasteiger partial charge in [-0.05, 0) is 73.1 Å². The molecule has 2 heterocycles. The summed E-state index contributed by atoms with van der Waals surface area (Å²) in [5.41, 5.74) is 9.63. The Balaban J connectivity index is 1.47. The summed E-state index contributed by atoms with van der Waals surface area (Å²) in [5.74, 6) is 0. The van der Waals surface area contributed by atoms with Crippen molar-refractivity contribution in [2.24, 2.45) is 0 Å². The van der Waals surface area contributed by atoms with Crippen LogP contribution < -0.4 is 16.0 Å². The number of hydrogen-bond acceptors (Lipinski definition) is 5. The van der Waals surface area contributed by atoms with Gasteiger partial charge in [-0.3, -0.25) is 4.90 Å². The molecule has 2 aliphatic heterocycles. The van der Waals surface area contributed by atoms with Crippen molar-refractivity contribution in [1.29, 1.82) is 5.41 Å². The van der Waals surface area contributed by atoms with Crippen LogP contribution in [0.1, 0.15) is 94.1 Å². The van der Waals surface area contributed by atoms with E-state index in [0.29, 0.717) is 6.04 Å². The lowest BCUT2D eigenvalue weighted by molar-refractivity contribution is 0.157. The summed E-state index contributed by atoms with van der Waals surface area (Å²) in [5, 5.41) is 18.6. The van der Waals surface area contributed by atoms with E-state index in [-0.39, 0.29) is 6.17 Å². The van der Waals surface area contributed by atoms with Gasteiger partial charge >= 0.3 is 0 Å². The van der Waals surface area contributed by atoms with Gasteiger partial charge in [0.1, 0.15) is 6.17 Å². The standard InChI is InChI=1S/C33H47N5/c1-5-8-9-14-28(12-7-3)38-19-18-29-26(23-38)13-10-15-31(29)36-27-17-16-24(4)30(20-27)33-35-22-32(37-33)25(21-34)11-6-2/h10-11,13,15-17,20-22,28,33-37H,5-9,12,14,18-19,23H2,1-4H3/b25-11+,34-21?. The zero-order valence-corrected chi connectivity index (χ0v) is 23.9. The maximum absolute atomic E-state index is 7.76. The van der Waals surface area contributed by atoms with Gasteiger partial charge in [0.15, 0.2) is 0 Å². The minimum atomic E-state index is -0.00610. The molecule has 0 fully saturated rings. The molecule has 5 heteroatoms. The van der Waals surface area contributed by atoms with Crippen LogP contribution in [0.5, 0.6) is 0 Å². The first-order valence-corrected chi connectivity index (χ1v) is 14.7. The Bertz CT molecular complexity index is 1150. The Labute approximate surface area is 230 Å². The fourth-order valence-electron chi connectivity index (χ4n) is 5.92. The van der Waals surface area contributed by atoms with E-state index in [0.717, 1.165) is 42.9 Å². The van der Waals surface area contributed by atoms with Crippen LogP contribution in [0.2, 0.25) is 0 Å². The highest BCUT2D eigenvalue weighted by Gasteiger charge is 2.25. The Morgan fingerprint density at radius 1 is 1.13 bits per heavy atom. The first kappa shape index (κ1) is 28.0. The third-order valence-electron chi connectivity index (χ3n) is 8.03. The highest BCUT2D eigenvalue weighted by Crippen LogP contribution is 2.32. The smallest absolute Gasteiger partial charge is 0.123 e. The average molecular weight is 514 g/mol. The lowest BCUT2D eigenvalue weighted by atomic mass is 9.94. The van der Waals surface area contributed by atoms with Crippen molar-refractivity contribution in [3.63, 3.8) is 0 Å². The van der Waals surface area contributed by atoms with Crippen molar-refractivity contribution >= 4 is 17.6 Å². The molecule has 0 saturated carbocycles. The van der Waals surface area contributed by atoms with Gasteiger partial charge in [-0.1, -0.05) is 70.7 Å². The summed E-state index contributed by atoms with van der Waals surface area (Å²) < 4.78 is 0. The third-order valence-corrected chi connectivity index (χ3v) is 8.03. The molecule has 0 aliphatic carbocycles. The summed E-state index contributed by atoms with van der Waals surface area (Å²) in [7, 11) is 0. The normalized spacial score (nSPS) is 18.3. The second kappa shape index (κ2) is 13.7. The molecule has 38 heavy (non-hydrogen) atoms. The minimum Gasteiger partial charge on any atom is -0.366 e. The predicted octanol–water partition coefficient (Wildman–Crippen LogP) is 7.86. The molecule has 0 radical (unpaired) electrons. The molecule has 0 saturated heterocycles. The van der Waals surface area contributed by atoms with E-state index >= 15 is 0 Å². The Kier molecular flexibility index (Phi) is 10.1. The van der Waals surface area contributed by atoms with Crippen LogP contribution in [0.15, 0.2) is 59.9 Å². The number of anilines is 2. The van der Waals surface area contributed by atoms with Crippen molar-refractivity contribution in [2.45, 2.75) is 97.8 Å². The molecule has 204 valence electrons. The van der Waals surface area contributed by atoms with Crippen LogP contribution in [0.3, 0.4) is 0 Å². The number of benzene rings is 2. The molecule has 2 aromatic carbocycles. The van der Waals surface area contributed by atoms with Crippen LogP contribution in [0, 0.1) is 12.3 Å². The molecule has 2 unspecified atom stereocenters. The molecule has 4 N–H and O–H groups in total. The van der Waals surface area contributed by atoms with E-state index in [9.17, 15) is 0 Å². The second-order valence-electron chi connectivity index (χ2n) is 10.8. The SMILES string of the molecule is CC/C=C(\C=N)C1=CNC(c2cc(Nc3cccc4c3CCN(C(CCC)CCCCC)C4)ccc2C)N1. The molecule has 2 aliphatic rings. The van der Waals surface area contributed by atoms with Crippen molar-refractivity contribution in [3.8, 4) is 0 Å². The van der Waals surface area contributed by atoms with Crippen LogP contribution >= 0.6 is 0 Å². The van der Waals surface area contributed by atoms with E-state index in [1.165, 1.54) is 72.7 Å². The topological polar surface area (TPSA) is 63.2 Å². The van der Waals surface area contributed by atoms with E-state index in [2.05, 4.69) is 91.0 Å². The molecule has 0 amide bonds. The lowest BCUT2D eigenvalue weighted by Gasteiger charge is -2.36. The Hall–Kier alpha value is -3.05. The number of hydrogen-bond donors (Lipinski definition) is 4. The molecule has 2 aromatic rings. The molecular weight excluding hydrogens is 466 g/mol. The zero-order chi connectivity index (χ0) is 26.9. The summed E-state index contributed by atoms with van der Waals surface area (Å²) >= 11 is 0. The van der Waals surface area contributed by atoms with Gasteiger partial charge in [0.2, 0.25) is 0 Å². The fraction of sp³-hybridized carbons (Fsp3) is 0.485. The van der Waals surface area contributed by atoms with Crippen LogP contribution in [0.25, 0.3) is 0 Å². The molecular formula is C33H47N5. The highest BCUT2D eigenvalue weighted by atomic mass is 15.2. The molecule has 2 atom stereocenters. The summed E-state index contributed by atoms with van der Waals surface area (Å²) in [4.78, 5) is 2.74. The summed E-state index contributed by atoms with van der Waals surface area (Å²) in [6.07, 6.45) is 15.4. The van der Waals surface area contributed by atoms with Gasteiger partial charge in [0.05, 0.1) is 5.70 Å². The van der Waals surface area contributed by atoms with Crippen molar-refractivity contribution < 1.29 is 0 Å². The van der Waals surface area contributed by atoms with Gasteiger partial charge in [0, 0.05) is 48.5 Å². The van der Waals surface area contributed by atoms with Crippen LogP contribution in [-0.2, 0) is 13.0 Å². The number of rotatable bonds is 13. The third kappa shape index (κ3) is 6.68. The van der Waals surface area contributed by atoms with Crippen LogP contribution in [0.4, 0.5) is 11.4 Å². The van der Waals surface area contributed by atoms with Crippen molar-refractivity contribution in [1.82, 2.24) is 15.5 Å². The molecule has 0 aromatic heterocycles. The highest BCUT2D eigenvalue weighted by molar-refractivity contribution is 5.82. The number of nitrogens with zero attached hydrogens (tertiary/aromatic N) is 1. The van der Waals surface area contributed by atoms with E-state index in [1.54, 1.807) is 0 Å². The van der Waals surface area contributed by atoms with E-state index in [4.69, 9.17) is 5.41 Å². The van der Waals surface area contributed by atoms with Crippen molar-refractivity contribution in [2.75, 3.05) is 11.9 Å². The summed E-state index contributed by atoms with van der Waals surface area (Å²) in [6, 6.07) is 14.1. The first-order valence-electron chi connectivity index (χ1n) is 14.7. The molecule has 5 nitrogen and oxygen atoms in total. The summed E-state index contributed by atoms with van der Waals surface area (Å²) in [6.45, 7) is 11.1. The number of allylic oxidation sites excluding steroid dienone is 2. The van der Waals surface area contributed by atoms with Gasteiger partial charge in [0.25, 0.3) is 0 Å². The lowest BCUT2D eigenvalue weighted by Crippen LogP contribution is -2.39. The van der Waals surface area contributed by atoms with Crippen molar-refractivity contribution in [3.05, 3.63) is 82.2 Å². The average Bonchev–Trinajstić information content (AvgIpc) is 3.42. The molecule has 0 spiro atoms. The van der Waals surface area contributed by atoms with Crippen LogP contribution in [-0.4, -0.2) is 23.7 Å². The number of aryl methyl sites for hydroxylation is 1. The Morgan fingerprint density at radius 2 is 2.00 bits per heavy atom. The predicted molar refractivity (Wildman–Crippen MR) is 162 cm³/mol. The number of nitrogens with one attached hydrogen (secondary N) is 4. The quantitative estimate of drug-likeness (QED) is 0.163. The maximum Gasteiger partial charge on any atom is 0.123 e. The molecule has 0 bridgehead atoms. The zero-order valence-electron chi connectivity index (χ0n) is 23.9. The number of fused-ring (bicyclic) bond motifs is 1. The maximum atomic E-state index is 7.76. The second-order valence-corrected chi connectivity index (χ2v) is 10.8. The Morgan fingerprint density at radius 3 is 2.76 bits per heavy atom. The van der Waals surface area contributed by atoms with Gasteiger partial charge in [-0.2, -0.15) is 0 Å². The first-order chi connectivity index (χ1) is 18.6. The molecule has 4 rings (SSSR count). The van der Waals surface area contributed by atoms with Gasteiger partial charge in [-0.15, -0.1) is 0 Å².